The Hall–Kier alpha value is -1.80. The first kappa shape index (κ1) is 17.0. The zero-order chi connectivity index (χ0) is 16.8. The second-order valence-corrected chi connectivity index (χ2v) is 6.81. The number of anilines is 1. The molecule has 0 unspecified atom stereocenters. The number of aryl methyl sites for hydroxylation is 2. The van der Waals surface area contributed by atoms with Crippen LogP contribution < -0.4 is 4.90 Å². The average molecular weight is 323 g/mol. The van der Waals surface area contributed by atoms with Crippen molar-refractivity contribution in [1.29, 1.82) is 0 Å². The molecule has 0 aromatic heterocycles. The van der Waals surface area contributed by atoms with Gasteiger partial charge in [0.15, 0.2) is 0 Å². The highest BCUT2D eigenvalue weighted by Crippen LogP contribution is 2.28. The number of hydrogen-bond donors (Lipinski definition) is 0. The highest BCUT2D eigenvalue weighted by atomic mass is 16.5. The lowest BCUT2D eigenvalue weighted by molar-refractivity contribution is -0.0605. The van der Waals surface area contributed by atoms with Crippen LogP contribution in [0.4, 0.5) is 5.69 Å². The van der Waals surface area contributed by atoms with Crippen LogP contribution in [0.2, 0.25) is 0 Å². The van der Waals surface area contributed by atoms with Crippen LogP contribution in [0.15, 0.2) is 54.6 Å². The smallest absolute Gasteiger partial charge is 0.0852 e. The molecule has 2 aromatic carbocycles. The van der Waals surface area contributed by atoms with Crippen LogP contribution in [0, 0.1) is 0 Å². The van der Waals surface area contributed by atoms with E-state index in [-0.39, 0.29) is 5.60 Å². The first-order chi connectivity index (χ1) is 11.7. The van der Waals surface area contributed by atoms with E-state index >= 15 is 0 Å². The van der Waals surface area contributed by atoms with Gasteiger partial charge in [-0.05, 0) is 48.9 Å². The molecule has 0 aliphatic carbocycles. The number of rotatable bonds is 6. The van der Waals surface area contributed by atoms with Gasteiger partial charge in [-0.25, -0.2) is 0 Å². The van der Waals surface area contributed by atoms with Crippen LogP contribution in [-0.4, -0.2) is 25.3 Å². The number of nitrogens with zero attached hydrogens (tertiary/aromatic N) is 1. The van der Waals surface area contributed by atoms with Crippen molar-refractivity contribution in [2.45, 2.75) is 45.1 Å². The van der Waals surface area contributed by atoms with Gasteiger partial charge in [-0.3, -0.25) is 0 Å². The summed E-state index contributed by atoms with van der Waals surface area (Å²) < 4.78 is 6.09. The molecule has 0 saturated carbocycles. The fourth-order valence-corrected chi connectivity index (χ4v) is 3.55. The molecule has 0 atom stereocenters. The van der Waals surface area contributed by atoms with E-state index in [2.05, 4.69) is 73.3 Å². The largest absolute Gasteiger partial charge is 0.371 e. The van der Waals surface area contributed by atoms with E-state index in [0.717, 1.165) is 45.4 Å². The molecule has 0 amide bonds. The maximum Gasteiger partial charge on any atom is 0.0852 e. The highest BCUT2D eigenvalue weighted by molar-refractivity contribution is 5.48. The van der Waals surface area contributed by atoms with Crippen molar-refractivity contribution in [3.8, 4) is 0 Å². The van der Waals surface area contributed by atoms with Gasteiger partial charge in [0.2, 0.25) is 0 Å². The van der Waals surface area contributed by atoms with Crippen molar-refractivity contribution >= 4 is 5.69 Å². The summed E-state index contributed by atoms with van der Waals surface area (Å²) in [6.07, 6.45) is 4.36. The zero-order valence-electron chi connectivity index (χ0n) is 15.0. The minimum Gasteiger partial charge on any atom is -0.371 e. The van der Waals surface area contributed by atoms with Crippen LogP contribution in [0.3, 0.4) is 0 Å². The summed E-state index contributed by atoms with van der Waals surface area (Å²) in [4.78, 5) is 2.48. The standard InChI is InChI=1S/C22H29NO/c1-3-22(4-2)18-23(16-17-24-22)21-14-12-20(13-15-21)11-10-19-8-6-5-7-9-19/h5-9,12-15H,3-4,10-11,16-18H2,1-2H3. The van der Waals surface area contributed by atoms with Gasteiger partial charge in [-0.15, -0.1) is 0 Å². The van der Waals surface area contributed by atoms with E-state index in [1.54, 1.807) is 0 Å². The van der Waals surface area contributed by atoms with Gasteiger partial charge in [-0.2, -0.15) is 0 Å². The maximum absolute atomic E-state index is 6.09. The molecule has 2 aromatic rings. The number of ether oxygens (including phenoxy) is 1. The first-order valence-electron chi connectivity index (χ1n) is 9.26. The molecule has 2 heteroatoms. The van der Waals surface area contributed by atoms with Gasteiger partial charge in [0.25, 0.3) is 0 Å². The van der Waals surface area contributed by atoms with Gasteiger partial charge in [-0.1, -0.05) is 56.3 Å². The number of hydrogen-bond acceptors (Lipinski definition) is 2. The van der Waals surface area contributed by atoms with E-state index in [9.17, 15) is 0 Å². The SMILES string of the molecule is CCC1(CC)CN(c2ccc(CCc3ccccc3)cc2)CCO1. The third kappa shape index (κ3) is 3.99. The van der Waals surface area contributed by atoms with E-state index < -0.39 is 0 Å². The van der Waals surface area contributed by atoms with E-state index in [1.165, 1.54) is 16.8 Å². The molecule has 128 valence electrons. The van der Waals surface area contributed by atoms with E-state index in [1.807, 2.05) is 0 Å². The summed E-state index contributed by atoms with van der Waals surface area (Å²) in [7, 11) is 0. The van der Waals surface area contributed by atoms with Crippen molar-refractivity contribution in [3.05, 3.63) is 65.7 Å². The Labute approximate surface area is 146 Å². The number of benzene rings is 2. The summed E-state index contributed by atoms with van der Waals surface area (Å²) >= 11 is 0. The second kappa shape index (κ2) is 7.85. The number of morpholine rings is 1. The molecular weight excluding hydrogens is 294 g/mol. The summed E-state index contributed by atoms with van der Waals surface area (Å²) in [5.74, 6) is 0. The van der Waals surface area contributed by atoms with Crippen molar-refractivity contribution < 1.29 is 4.74 Å². The third-order valence-electron chi connectivity index (χ3n) is 5.38. The Balaban J connectivity index is 1.62. The Kier molecular flexibility index (Phi) is 5.57. The normalized spacial score (nSPS) is 17.0. The molecule has 0 N–H and O–H groups in total. The van der Waals surface area contributed by atoms with Gasteiger partial charge in [0, 0.05) is 18.8 Å². The van der Waals surface area contributed by atoms with Crippen molar-refractivity contribution in [1.82, 2.24) is 0 Å². The summed E-state index contributed by atoms with van der Waals surface area (Å²) in [5, 5.41) is 0. The van der Waals surface area contributed by atoms with Crippen molar-refractivity contribution in [2.75, 3.05) is 24.6 Å². The minimum atomic E-state index is 0.0320. The lowest BCUT2D eigenvalue weighted by Crippen LogP contribution is -2.51. The van der Waals surface area contributed by atoms with Crippen LogP contribution in [0.1, 0.15) is 37.8 Å². The topological polar surface area (TPSA) is 12.5 Å². The van der Waals surface area contributed by atoms with Gasteiger partial charge in [0.05, 0.1) is 12.2 Å². The molecule has 1 saturated heterocycles. The predicted octanol–water partition coefficient (Wildman–Crippen LogP) is 4.87. The first-order valence-corrected chi connectivity index (χ1v) is 9.26. The molecule has 0 bridgehead atoms. The molecule has 24 heavy (non-hydrogen) atoms. The fourth-order valence-electron chi connectivity index (χ4n) is 3.55. The van der Waals surface area contributed by atoms with Crippen LogP contribution in [0.25, 0.3) is 0 Å². The Morgan fingerprint density at radius 3 is 2.12 bits per heavy atom. The van der Waals surface area contributed by atoms with Gasteiger partial charge in [0.1, 0.15) is 0 Å². The Morgan fingerprint density at radius 1 is 0.875 bits per heavy atom. The maximum atomic E-state index is 6.09. The van der Waals surface area contributed by atoms with Crippen molar-refractivity contribution in [2.24, 2.45) is 0 Å². The van der Waals surface area contributed by atoms with Crippen LogP contribution >= 0.6 is 0 Å². The monoisotopic (exact) mass is 323 g/mol. The zero-order valence-corrected chi connectivity index (χ0v) is 15.0. The van der Waals surface area contributed by atoms with Crippen LogP contribution in [-0.2, 0) is 17.6 Å². The highest BCUT2D eigenvalue weighted by Gasteiger charge is 2.33. The second-order valence-electron chi connectivity index (χ2n) is 6.81. The molecule has 1 aliphatic heterocycles. The van der Waals surface area contributed by atoms with Crippen molar-refractivity contribution in [3.63, 3.8) is 0 Å². The Morgan fingerprint density at radius 2 is 1.50 bits per heavy atom. The lowest BCUT2D eigenvalue weighted by Gasteiger charge is -2.43. The summed E-state index contributed by atoms with van der Waals surface area (Å²) in [6, 6.07) is 19.8. The molecule has 3 rings (SSSR count). The molecule has 2 nitrogen and oxygen atoms in total. The molecule has 1 fully saturated rings. The van der Waals surface area contributed by atoms with E-state index in [4.69, 9.17) is 4.74 Å². The Bertz CT molecular complexity index is 616. The molecule has 1 aliphatic rings. The van der Waals surface area contributed by atoms with Crippen LogP contribution in [0.5, 0.6) is 0 Å². The fraction of sp³-hybridized carbons (Fsp3) is 0.455. The molecule has 0 spiro atoms. The predicted molar refractivity (Wildman–Crippen MR) is 102 cm³/mol. The molecule has 1 heterocycles. The summed E-state index contributed by atoms with van der Waals surface area (Å²) in [6.45, 7) is 7.30. The average Bonchev–Trinajstić information content (AvgIpc) is 2.67. The third-order valence-corrected chi connectivity index (χ3v) is 5.38. The summed E-state index contributed by atoms with van der Waals surface area (Å²) in [5.41, 5.74) is 4.18. The lowest BCUT2D eigenvalue weighted by atomic mass is 9.94. The molecule has 0 radical (unpaired) electrons. The van der Waals surface area contributed by atoms with Gasteiger partial charge < -0.3 is 9.64 Å². The quantitative estimate of drug-likeness (QED) is 0.752. The van der Waals surface area contributed by atoms with Gasteiger partial charge >= 0.3 is 0 Å². The van der Waals surface area contributed by atoms with E-state index in [0.29, 0.717) is 0 Å². The minimum absolute atomic E-state index is 0.0320. The molecular formula is C22H29NO.